The number of hydrogen-bond donors (Lipinski definition) is 1. The molecular formula is C31H36F3N3O5S. The molecule has 3 aromatic rings. The maximum absolute atomic E-state index is 14.1. The number of aryl methyl sites for hydroxylation is 1. The van der Waals surface area contributed by atoms with Crippen molar-refractivity contribution in [1.29, 1.82) is 0 Å². The number of halogens is 3. The van der Waals surface area contributed by atoms with E-state index in [0.29, 0.717) is 34.7 Å². The van der Waals surface area contributed by atoms with Gasteiger partial charge in [0.15, 0.2) is 0 Å². The average molecular weight is 620 g/mol. The van der Waals surface area contributed by atoms with Gasteiger partial charge >= 0.3 is 6.18 Å². The Morgan fingerprint density at radius 3 is 2.26 bits per heavy atom. The van der Waals surface area contributed by atoms with Gasteiger partial charge in [-0.3, -0.25) is 13.9 Å². The molecule has 0 aromatic heterocycles. The number of sulfonamides is 1. The van der Waals surface area contributed by atoms with E-state index in [4.69, 9.17) is 4.74 Å². The Labute approximate surface area is 250 Å². The molecule has 43 heavy (non-hydrogen) atoms. The summed E-state index contributed by atoms with van der Waals surface area (Å²) in [4.78, 5) is 28.3. The molecule has 1 N–H and O–H groups in total. The molecule has 2 amide bonds. The van der Waals surface area contributed by atoms with Crippen LogP contribution in [0.2, 0.25) is 0 Å². The minimum Gasteiger partial charge on any atom is -0.497 e. The Hall–Kier alpha value is -4.06. The van der Waals surface area contributed by atoms with Gasteiger partial charge < -0.3 is 15.0 Å². The molecule has 0 spiro atoms. The number of alkyl halides is 3. The van der Waals surface area contributed by atoms with Crippen LogP contribution in [0, 0.1) is 6.92 Å². The summed E-state index contributed by atoms with van der Waals surface area (Å²) in [6, 6.07) is 15.4. The predicted octanol–water partition coefficient (Wildman–Crippen LogP) is 5.55. The van der Waals surface area contributed by atoms with Crippen LogP contribution in [0.1, 0.15) is 43.4 Å². The van der Waals surface area contributed by atoms with E-state index in [0.717, 1.165) is 17.7 Å². The third-order valence-corrected chi connectivity index (χ3v) is 8.56. The lowest BCUT2D eigenvalue weighted by atomic mass is 10.1. The first-order chi connectivity index (χ1) is 20.3. The minimum atomic E-state index is -4.75. The lowest BCUT2D eigenvalue weighted by Gasteiger charge is -2.33. The van der Waals surface area contributed by atoms with Crippen molar-refractivity contribution in [3.05, 3.63) is 89.5 Å². The molecule has 0 fully saturated rings. The SMILES string of the molecule is CCCNC(=O)[C@@H](CC)N(Cc1cccc(OC)c1)C(=O)CN(c1cccc(C(F)(F)F)c1)S(=O)(=O)c1ccc(C)cc1. The number of rotatable bonds is 13. The van der Waals surface area contributed by atoms with Crippen molar-refractivity contribution in [2.24, 2.45) is 0 Å². The van der Waals surface area contributed by atoms with Gasteiger partial charge in [-0.05, 0) is 67.8 Å². The molecule has 0 aliphatic heterocycles. The Morgan fingerprint density at radius 1 is 0.977 bits per heavy atom. The van der Waals surface area contributed by atoms with Gasteiger partial charge in [0, 0.05) is 13.1 Å². The number of benzene rings is 3. The second-order valence-corrected chi connectivity index (χ2v) is 11.8. The van der Waals surface area contributed by atoms with Crippen LogP contribution in [0.15, 0.2) is 77.7 Å². The molecule has 0 heterocycles. The highest BCUT2D eigenvalue weighted by Crippen LogP contribution is 2.33. The van der Waals surface area contributed by atoms with Gasteiger partial charge in [0.25, 0.3) is 10.0 Å². The number of ether oxygens (including phenoxy) is 1. The molecule has 0 radical (unpaired) electrons. The van der Waals surface area contributed by atoms with Crippen molar-refractivity contribution in [3.63, 3.8) is 0 Å². The first-order valence-corrected chi connectivity index (χ1v) is 15.2. The van der Waals surface area contributed by atoms with Crippen molar-refractivity contribution in [1.82, 2.24) is 10.2 Å². The van der Waals surface area contributed by atoms with Crippen molar-refractivity contribution in [2.45, 2.75) is 57.3 Å². The molecule has 0 aliphatic rings. The lowest BCUT2D eigenvalue weighted by Crippen LogP contribution is -2.52. The summed E-state index contributed by atoms with van der Waals surface area (Å²) < 4.78 is 74.6. The first kappa shape index (κ1) is 33.4. The lowest BCUT2D eigenvalue weighted by molar-refractivity contribution is -0.140. The molecule has 8 nitrogen and oxygen atoms in total. The summed E-state index contributed by atoms with van der Waals surface area (Å²) in [6.07, 6.45) is -3.88. The van der Waals surface area contributed by atoms with Gasteiger partial charge in [-0.15, -0.1) is 0 Å². The highest BCUT2D eigenvalue weighted by Gasteiger charge is 2.36. The summed E-state index contributed by atoms with van der Waals surface area (Å²) in [5.74, 6) is -0.678. The number of nitrogens with zero attached hydrogens (tertiary/aromatic N) is 2. The molecular weight excluding hydrogens is 583 g/mol. The molecule has 0 bridgehead atoms. The zero-order valence-electron chi connectivity index (χ0n) is 24.5. The quantitative estimate of drug-likeness (QED) is 0.271. The number of hydrogen-bond acceptors (Lipinski definition) is 5. The van der Waals surface area contributed by atoms with E-state index in [-0.39, 0.29) is 23.5 Å². The predicted molar refractivity (Wildman–Crippen MR) is 158 cm³/mol. The number of amides is 2. The van der Waals surface area contributed by atoms with E-state index in [1.807, 2.05) is 6.92 Å². The maximum atomic E-state index is 14.1. The third-order valence-electron chi connectivity index (χ3n) is 6.77. The first-order valence-electron chi connectivity index (χ1n) is 13.8. The van der Waals surface area contributed by atoms with Gasteiger partial charge in [0.2, 0.25) is 11.8 Å². The Kier molecular flexibility index (Phi) is 11.2. The van der Waals surface area contributed by atoms with Gasteiger partial charge in [-0.1, -0.05) is 49.7 Å². The van der Waals surface area contributed by atoms with E-state index in [2.05, 4.69) is 5.32 Å². The van der Waals surface area contributed by atoms with Gasteiger partial charge in [0.05, 0.1) is 23.3 Å². The molecule has 3 rings (SSSR count). The minimum absolute atomic E-state index is 0.0743. The Bertz CT molecular complexity index is 1510. The van der Waals surface area contributed by atoms with Crippen molar-refractivity contribution < 1.29 is 35.9 Å². The zero-order chi connectivity index (χ0) is 31.8. The standard InChI is InChI=1S/C31H36F3N3O5S/c1-5-17-35-30(39)28(6-2)36(20-23-9-7-12-26(18-23)42-4)29(38)21-37(25-11-8-10-24(19-25)31(32,33)34)43(40,41)27-15-13-22(3)14-16-27/h7-16,18-19,28H,5-6,17,20-21H2,1-4H3,(H,35,39)/t28-/m1/s1. The summed E-state index contributed by atoms with van der Waals surface area (Å²) in [5, 5.41) is 2.78. The monoisotopic (exact) mass is 619 g/mol. The van der Waals surface area contributed by atoms with Crippen molar-refractivity contribution in [2.75, 3.05) is 24.5 Å². The fraction of sp³-hybridized carbons (Fsp3) is 0.355. The second kappa shape index (κ2) is 14.4. The number of methoxy groups -OCH3 is 1. The fourth-order valence-electron chi connectivity index (χ4n) is 4.46. The largest absolute Gasteiger partial charge is 0.497 e. The van der Waals surface area contributed by atoms with E-state index >= 15 is 0 Å². The summed E-state index contributed by atoms with van der Waals surface area (Å²) in [7, 11) is -3.03. The molecule has 0 unspecified atom stereocenters. The van der Waals surface area contributed by atoms with Crippen LogP contribution in [0.5, 0.6) is 5.75 Å². The van der Waals surface area contributed by atoms with Gasteiger partial charge in [0.1, 0.15) is 18.3 Å². The molecule has 1 atom stereocenters. The Morgan fingerprint density at radius 2 is 1.65 bits per heavy atom. The Balaban J connectivity index is 2.12. The highest BCUT2D eigenvalue weighted by molar-refractivity contribution is 7.92. The molecule has 0 aliphatic carbocycles. The fourth-order valence-corrected chi connectivity index (χ4v) is 5.86. The van der Waals surface area contributed by atoms with E-state index in [9.17, 15) is 31.2 Å². The number of nitrogens with one attached hydrogen (secondary N) is 1. The van der Waals surface area contributed by atoms with Crippen LogP contribution in [-0.4, -0.2) is 51.4 Å². The summed E-state index contributed by atoms with van der Waals surface area (Å²) in [6.45, 7) is 4.80. The number of anilines is 1. The summed E-state index contributed by atoms with van der Waals surface area (Å²) in [5.41, 5.74) is -0.0239. The third kappa shape index (κ3) is 8.50. The van der Waals surface area contributed by atoms with Gasteiger partial charge in [-0.25, -0.2) is 8.42 Å². The van der Waals surface area contributed by atoms with Crippen LogP contribution in [0.3, 0.4) is 0 Å². The van der Waals surface area contributed by atoms with Crippen molar-refractivity contribution in [3.8, 4) is 5.75 Å². The van der Waals surface area contributed by atoms with E-state index in [1.54, 1.807) is 50.2 Å². The smallest absolute Gasteiger partial charge is 0.416 e. The maximum Gasteiger partial charge on any atom is 0.416 e. The molecule has 12 heteroatoms. The second-order valence-electron chi connectivity index (χ2n) is 9.96. The molecule has 0 saturated carbocycles. The number of carbonyl (C=O) groups is 2. The number of carbonyl (C=O) groups excluding carboxylic acids is 2. The molecule has 3 aromatic carbocycles. The average Bonchev–Trinajstić information content (AvgIpc) is 2.98. The summed E-state index contributed by atoms with van der Waals surface area (Å²) >= 11 is 0. The van der Waals surface area contributed by atoms with E-state index < -0.39 is 46.2 Å². The van der Waals surface area contributed by atoms with Crippen LogP contribution in [0.4, 0.5) is 18.9 Å². The van der Waals surface area contributed by atoms with Crippen molar-refractivity contribution >= 4 is 27.5 Å². The van der Waals surface area contributed by atoms with Crippen LogP contribution < -0.4 is 14.4 Å². The van der Waals surface area contributed by atoms with Gasteiger partial charge in [-0.2, -0.15) is 13.2 Å². The normalized spacial score (nSPS) is 12.3. The molecule has 0 saturated heterocycles. The zero-order valence-corrected chi connectivity index (χ0v) is 25.3. The van der Waals surface area contributed by atoms with Crippen LogP contribution in [-0.2, 0) is 32.3 Å². The topological polar surface area (TPSA) is 96.0 Å². The molecule has 232 valence electrons. The van der Waals surface area contributed by atoms with Crippen LogP contribution in [0.25, 0.3) is 0 Å². The van der Waals surface area contributed by atoms with Crippen LogP contribution >= 0.6 is 0 Å². The highest BCUT2D eigenvalue weighted by atomic mass is 32.2. The van der Waals surface area contributed by atoms with E-state index in [1.165, 1.54) is 30.2 Å².